The second-order valence-corrected chi connectivity index (χ2v) is 7.46. The largest absolute Gasteiger partial charge is 0.480 e. The molecule has 0 radical (unpaired) electrons. The Labute approximate surface area is 173 Å². The van der Waals surface area contributed by atoms with Crippen LogP contribution in [0.1, 0.15) is 25.8 Å². The van der Waals surface area contributed by atoms with Gasteiger partial charge in [-0.25, -0.2) is 4.79 Å². The third-order valence-electron chi connectivity index (χ3n) is 4.77. The molecule has 0 bridgehead atoms. The Balaban J connectivity index is 2.27. The van der Waals surface area contributed by atoms with Gasteiger partial charge in [-0.3, -0.25) is 14.4 Å². The highest BCUT2D eigenvalue weighted by Gasteiger charge is 2.30. The number of carbonyl (C=O) groups excluding carboxylic acids is 3. The summed E-state index contributed by atoms with van der Waals surface area (Å²) in [4.78, 5) is 50.9. The van der Waals surface area contributed by atoms with Crippen LogP contribution in [0.5, 0.6) is 0 Å². The molecule has 1 heterocycles. The normalized spacial score (nSPS) is 14.1. The molecule has 0 unspecified atom stereocenters. The lowest BCUT2D eigenvalue weighted by Crippen LogP contribution is -2.56. The lowest BCUT2D eigenvalue weighted by Gasteiger charge is -2.23. The van der Waals surface area contributed by atoms with E-state index in [1.165, 1.54) is 0 Å². The predicted molar refractivity (Wildman–Crippen MR) is 110 cm³/mol. The Morgan fingerprint density at radius 2 is 1.70 bits per heavy atom. The van der Waals surface area contributed by atoms with Crippen molar-refractivity contribution in [2.75, 3.05) is 0 Å². The fraction of sp³-hybridized carbons (Fsp3) is 0.400. The van der Waals surface area contributed by atoms with Crippen LogP contribution >= 0.6 is 0 Å². The Morgan fingerprint density at radius 3 is 2.30 bits per heavy atom. The molecule has 0 aliphatic heterocycles. The summed E-state index contributed by atoms with van der Waals surface area (Å²) in [6.45, 7) is 3.54. The standard InChI is InChI=1S/C20H27N5O5/c1-10(2)17(22)19(28)24-14(18(27)25-15(20(29)30)8-16(21)26)7-11-9-23-13-6-4-3-5-12(11)13/h3-6,9-10,14-15,17,23H,7-8,22H2,1-2H3,(H2,21,26)(H,24,28)(H,25,27)(H,29,30)/t14-,15-,17-/m0/s1. The second kappa shape index (κ2) is 9.88. The van der Waals surface area contributed by atoms with Crippen LogP contribution in [-0.2, 0) is 25.6 Å². The number of hydrogen-bond donors (Lipinski definition) is 6. The summed E-state index contributed by atoms with van der Waals surface area (Å²) in [6, 6.07) is 3.99. The summed E-state index contributed by atoms with van der Waals surface area (Å²) in [5.41, 5.74) is 12.6. The van der Waals surface area contributed by atoms with E-state index in [1.54, 1.807) is 20.0 Å². The van der Waals surface area contributed by atoms with Crippen molar-refractivity contribution in [3.05, 3.63) is 36.0 Å². The molecule has 2 aromatic rings. The van der Waals surface area contributed by atoms with Gasteiger partial charge in [0.2, 0.25) is 17.7 Å². The van der Waals surface area contributed by atoms with Crippen molar-refractivity contribution >= 4 is 34.6 Å². The summed E-state index contributed by atoms with van der Waals surface area (Å²) >= 11 is 0. The summed E-state index contributed by atoms with van der Waals surface area (Å²) in [5.74, 6) is -3.73. The van der Waals surface area contributed by atoms with Crippen LogP contribution in [0.4, 0.5) is 0 Å². The van der Waals surface area contributed by atoms with Crippen LogP contribution in [0, 0.1) is 5.92 Å². The molecule has 0 fully saturated rings. The first kappa shape index (κ1) is 22.9. The van der Waals surface area contributed by atoms with E-state index in [4.69, 9.17) is 11.5 Å². The Bertz CT molecular complexity index is 939. The molecule has 10 nitrogen and oxygen atoms in total. The molecular weight excluding hydrogens is 390 g/mol. The maximum absolute atomic E-state index is 12.8. The molecule has 0 saturated carbocycles. The zero-order valence-corrected chi connectivity index (χ0v) is 16.8. The number of fused-ring (bicyclic) bond motifs is 1. The first-order valence-electron chi connectivity index (χ1n) is 9.52. The fourth-order valence-electron chi connectivity index (χ4n) is 2.97. The van der Waals surface area contributed by atoms with Gasteiger partial charge in [-0.05, 0) is 17.5 Å². The lowest BCUT2D eigenvalue weighted by molar-refractivity contribution is -0.143. The maximum atomic E-state index is 12.8. The number of rotatable bonds is 10. The van der Waals surface area contributed by atoms with E-state index < -0.39 is 48.2 Å². The molecule has 1 aromatic carbocycles. The molecule has 0 aliphatic rings. The second-order valence-electron chi connectivity index (χ2n) is 7.46. The van der Waals surface area contributed by atoms with E-state index in [0.29, 0.717) is 0 Å². The van der Waals surface area contributed by atoms with Gasteiger partial charge in [-0.15, -0.1) is 0 Å². The highest BCUT2D eigenvalue weighted by atomic mass is 16.4. The number of nitrogens with one attached hydrogen (secondary N) is 3. The number of amides is 3. The number of carbonyl (C=O) groups is 4. The predicted octanol–water partition coefficient (Wildman–Crippen LogP) is -0.377. The summed E-state index contributed by atoms with van der Waals surface area (Å²) in [5, 5.41) is 15.0. The number of aromatic nitrogens is 1. The van der Waals surface area contributed by atoms with Gasteiger partial charge >= 0.3 is 5.97 Å². The minimum Gasteiger partial charge on any atom is -0.480 e. The van der Waals surface area contributed by atoms with Crippen LogP contribution in [0.25, 0.3) is 10.9 Å². The van der Waals surface area contributed by atoms with E-state index in [0.717, 1.165) is 16.5 Å². The van der Waals surface area contributed by atoms with Gasteiger partial charge < -0.3 is 32.2 Å². The van der Waals surface area contributed by atoms with Gasteiger partial charge in [0.05, 0.1) is 12.5 Å². The van der Waals surface area contributed by atoms with Gasteiger partial charge in [-0.2, -0.15) is 0 Å². The number of aromatic amines is 1. The number of carboxylic acids is 1. The number of benzene rings is 1. The van der Waals surface area contributed by atoms with Crippen molar-refractivity contribution in [2.45, 2.75) is 44.8 Å². The van der Waals surface area contributed by atoms with Crippen molar-refractivity contribution < 1.29 is 24.3 Å². The van der Waals surface area contributed by atoms with E-state index >= 15 is 0 Å². The molecule has 30 heavy (non-hydrogen) atoms. The topological polar surface area (TPSA) is 180 Å². The summed E-state index contributed by atoms with van der Waals surface area (Å²) in [6.07, 6.45) is 1.24. The molecule has 0 saturated heterocycles. The molecule has 2 rings (SSSR count). The van der Waals surface area contributed by atoms with Crippen molar-refractivity contribution in [1.82, 2.24) is 15.6 Å². The molecule has 1 aromatic heterocycles. The van der Waals surface area contributed by atoms with E-state index in [1.807, 2.05) is 24.3 Å². The van der Waals surface area contributed by atoms with Crippen LogP contribution < -0.4 is 22.1 Å². The van der Waals surface area contributed by atoms with Crippen LogP contribution in [0.15, 0.2) is 30.5 Å². The maximum Gasteiger partial charge on any atom is 0.326 e. The molecule has 0 aliphatic carbocycles. The van der Waals surface area contributed by atoms with Crippen LogP contribution in [0.2, 0.25) is 0 Å². The zero-order valence-electron chi connectivity index (χ0n) is 16.8. The molecular formula is C20H27N5O5. The molecule has 0 spiro atoms. The lowest BCUT2D eigenvalue weighted by atomic mass is 10.0. The first-order valence-corrected chi connectivity index (χ1v) is 9.52. The number of para-hydroxylation sites is 1. The molecule has 162 valence electrons. The van der Waals surface area contributed by atoms with E-state index in [9.17, 15) is 24.3 Å². The number of aliphatic carboxylic acids is 1. The minimum atomic E-state index is -1.50. The van der Waals surface area contributed by atoms with Crippen molar-refractivity contribution in [3.8, 4) is 0 Å². The third-order valence-corrected chi connectivity index (χ3v) is 4.77. The quantitative estimate of drug-likeness (QED) is 0.306. The number of carboxylic acid groups (broad SMARTS) is 1. The number of H-pyrrole nitrogens is 1. The Hall–Kier alpha value is -3.40. The monoisotopic (exact) mass is 417 g/mol. The minimum absolute atomic E-state index is 0.0926. The van der Waals surface area contributed by atoms with Gasteiger partial charge in [-0.1, -0.05) is 32.0 Å². The first-order chi connectivity index (χ1) is 14.1. The number of primary amides is 1. The highest BCUT2D eigenvalue weighted by molar-refractivity contribution is 5.94. The van der Waals surface area contributed by atoms with Crippen LogP contribution in [0.3, 0.4) is 0 Å². The van der Waals surface area contributed by atoms with Crippen molar-refractivity contribution in [3.63, 3.8) is 0 Å². The van der Waals surface area contributed by atoms with E-state index in [2.05, 4.69) is 15.6 Å². The van der Waals surface area contributed by atoms with Crippen molar-refractivity contribution in [1.29, 1.82) is 0 Å². The Morgan fingerprint density at radius 1 is 1.07 bits per heavy atom. The molecule has 3 amide bonds. The fourth-order valence-corrected chi connectivity index (χ4v) is 2.97. The van der Waals surface area contributed by atoms with Gasteiger partial charge in [0, 0.05) is 23.5 Å². The van der Waals surface area contributed by atoms with Gasteiger partial charge in [0.1, 0.15) is 12.1 Å². The van der Waals surface area contributed by atoms with E-state index in [-0.39, 0.29) is 12.3 Å². The Kier molecular flexibility index (Phi) is 7.54. The average Bonchev–Trinajstić information content (AvgIpc) is 3.08. The summed E-state index contributed by atoms with van der Waals surface area (Å²) in [7, 11) is 0. The zero-order chi connectivity index (χ0) is 22.4. The number of hydrogen-bond acceptors (Lipinski definition) is 5. The molecule has 8 N–H and O–H groups in total. The van der Waals surface area contributed by atoms with Crippen LogP contribution in [-0.4, -0.2) is 51.9 Å². The SMILES string of the molecule is CC(C)[C@H](N)C(=O)N[C@@H](Cc1c[nH]c2ccccc12)C(=O)N[C@@H](CC(N)=O)C(=O)O. The van der Waals surface area contributed by atoms with Crippen molar-refractivity contribution in [2.24, 2.45) is 17.4 Å². The average molecular weight is 417 g/mol. The van der Waals surface area contributed by atoms with Gasteiger partial charge in [0.15, 0.2) is 0 Å². The van der Waals surface area contributed by atoms with Gasteiger partial charge in [0.25, 0.3) is 0 Å². The number of nitrogens with two attached hydrogens (primary N) is 2. The summed E-state index contributed by atoms with van der Waals surface area (Å²) < 4.78 is 0. The third kappa shape index (κ3) is 5.80. The molecule has 10 heteroatoms. The highest BCUT2D eigenvalue weighted by Crippen LogP contribution is 2.19. The smallest absolute Gasteiger partial charge is 0.326 e. The molecule has 3 atom stereocenters.